The van der Waals surface area contributed by atoms with Gasteiger partial charge < -0.3 is 10.1 Å². The van der Waals surface area contributed by atoms with Gasteiger partial charge in [-0.1, -0.05) is 12.1 Å². The first kappa shape index (κ1) is 14.5. The summed E-state index contributed by atoms with van der Waals surface area (Å²) >= 11 is 1.82. The zero-order chi connectivity index (χ0) is 14.8. The van der Waals surface area contributed by atoms with E-state index in [9.17, 15) is 0 Å². The lowest BCUT2D eigenvalue weighted by Gasteiger charge is -2.19. The smallest absolute Gasteiger partial charge is 0.124 e. The highest BCUT2D eigenvalue weighted by Crippen LogP contribution is 2.38. The summed E-state index contributed by atoms with van der Waals surface area (Å²) in [6.45, 7) is 4.10. The monoisotopic (exact) mass is 302 g/mol. The van der Waals surface area contributed by atoms with E-state index < -0.39 is 0 Å². The van der Waals surface area contributed by atoms with E-state index in [1.54, 1.807) is 0 Å². The molecule has 1 N–H and O–H groups in total. The van der Waals surface area contributed by atoms with E-state index >= 15 is 0 Å². The minimum absolute atomic E-state index is 0.193. The van der Waals surface area contributed by atoms with Crippen molar-refractivity contribution in [2.45, 2.75) is 45.3 Å². The summed E-state index contributed by atoms with van der Waals surface area (Å²) in [6.07, 6.45) is 3.73. The Hall–Kier alpha value is -1.39. The van der Waals surface area contributed by atoms with Crippen molar-refractivity contribution in [3.63, 3.8) is 0 Å². The summed E-state index contributed by atoms with van der Waals surface area (Å²) in [6, 6.07) is 8.73. The van der Waals surface area contributed by atoms with E-state index in [1.807, 2.05) is 44.4 Å². The molecule has 112 valence electrons. The fourth-order valence-corrected chi connectivity index (χ4v) is 4.05. The van der Waals surface area contributed by atoms with Crippen LogP contribution in [0.1, 0.15) is 43.3 Å². The maximum absolute atomic E-state index is 5.79. The van der Waals surface area contributed by atoms with Crippen LogP contribution in [0.25, 0.3) is 10.6 Å². The molecule has 1 aromatic heterocycles. The van der Waals surface area contributed by atoms with Crippen molar-refractivity contribution in [2.75, 3.05) is 7.05 Å². The number of nitrogens with one attached hydrogen (secondary N) is 1. The van der Waals surface area contributed by atoms with Gasteiger partial charge >= 0.3 is 0 Å². The number of aromatic nitrogens is 1. The van der Waals surface area contributed by atoms with Crippen molar-refractivity contribution >= 4 is 11.3 Å². The molecular weight excluding hydrogens is 280 g/mol. The van der Waals surface area contributed by atoms with Crippen molar-refractivity contribution in [3.8, 4) is 16.3 Å². The highest BCUT2D eigenvalue weighted by molar-refractivity contribution is 7.15. The molecule has 1 aliphatic carbocycles. The Balaban J connectivity index is 1.92. The SMILES string of the molecule is CNC1CCCc2nc(-c3cccc(OC(C)C)c3)sc21. The van der Waals surface area contributed by atoms with Crippen LogP contribution >= 0.6 is 11.3 Å². The van der Waals surface area contributed by atoms with E-state index in [2.05, 4.69) is 17.4 Å². The summed E-state index contributed by atoms with van der Waals surface area (Å²) < 4.78 is 5.79. The zero-order valence-electron chi connectivity index (χ0n) is 12.8. The lowest BCUT2D eigenvalue weighted by molar-refractivity contribution is 0.242. The number of rotatable bonds is 4. The largest absolute Gasteiger partial charge is 0.491 e. The predicted molar refractivity (Wildman–Crippen MR) is 88.1 cm³/mol. The second kappa shape index (κ2) is 6.16. The van der Waals surface area contributed by atoms with Crippen molar-refractivity contribution in [2.24, 2.45) is 0 Å². The first-order valence-electron chi connectivity index (χ1n) is 7.61. The van der Waals surface area contributed by atoms with Crippen LogP contribution in [0.15, 0.2) is 24.3 Å². The van der Waals surface area contributed by atoms with Crippen molar-refractivity contribution < 1.29 is 4.74 Å². The van der Waals surface area contributed by atoms with Crippen LogP contribution < -0.4 is 10.1 Å². The molecule has 0 aliphatic heterocycles. The van der Waals surface area contributed by atoms with Gasteiger partial charge in [0, 0.05) is 16.5 Å². The van der Waals surface area contributed by atoms with Crippen LogP contribution in [-0.4, -0.2) is 18.1 Å². The van der Waals surface area contributed by atoms with Gasteiger partial charge in [0.2, 0.25) is 0 Å². The van der Waals surface area contributed by atoms with Gasteiger partial charge in [-0.3, -0.25) is 0 Å². The quantitative estimate of drug-likeness (QED) is 0.919. The zero-order valence-corrected chi connectivity index (χ0v) is 13.7. The Morgan fingerprint density at radius 2 is 2.24 bits per heavy atom. The molecule has 0 radical (unpaired) electrons. The van der Waals surface area contributed by atoms with Gasteiger partial charge in [0.25, 0.3) is 0 Å². The summed E-state index contributed by atoms with van der Waals surface area (Å²) in [7, 11) is 2.04. The fraction of sp³-hybridized carbons (Fsp3) is 0.471. The van der Waals surface area contributed by atoms with Gasteiger partial charge in [-0.25, -0.2) is 4.98 Å². The third kappa shape index (κ3) is 3.11. The Bertz CT molecular complexity index is 621. The van der Waals surface area contributed by atoms with Crippen LogP contribution in [0.4, 0.5) is 0 Å². The highest BCUT2D eigenvalue weighted by atomic mass is 32.1. The number of ether oxygens (including phenoxy) is 1. The average Bonchev–Trinajstić information content (AvgIpc) is 2.90. The normalized spacial score (nSPS) is 17.8. The summed E-state index contributed by atoms with van der Waals surface area (Å²) in [5, 5.41) is 4.52. The van der Waals surface area contributed by atoms with Gasteiger partial charge in [-0.15, -0.1) is 11.3 Å². The van der Waals surface area contributed by atoms with Crippen LogP contribution in [0, 0.1) is 0 Å². The second-order valence-corrected chi connectivity index (χ2v) is 6.79. The Morgan fingerprint density at radius 1 is 1.38 bits per heavy atom. The number of hydrogen-bond acceptors (Lipinski definition) is 4. The average molecular weight is 302 g/mol. The van der Waals surface area contributed by atoms with Gasteiger partial charge in [-0.05, 0) is 52.3 Å². The molecular formula is C17H22N2OS. The lowest BCUT2D eigenvalue weighted by Crippen LogP contribution is -2.19. The number of aryl methyl sites for hydroxylation is 1. The molecule has 21 heavy (non-hydrogen) atoms. The van der Waals surface area contributed by atoms with Crippen molar-refractivity contribution in [1.82, 2.24) is 10.3 Å². The van der Waals surface area contributed by atoms with Crippen LogP contribution in [-0.2, 0) is 6.42 Å². The summed E-state index contributed by atoms with van der Waals surface area (Å²) in [5.41, 5.74) is 2.43. The Labute approximate surface area is 130 Å². The van der Waals surface area contributed by atoms with E-state index in [0.29, 0.717) is 6.04 Å². The van der Waals surface area contributed by atoms with E-state index in [1.165, 1.54) is 23.4 Å². The van der Waals surface area contributed by atoms with Crippen LogP contribution in [0.5, 0.6) is 5.75 Å². The topological polar surface area (TPSA) is 34.2 Å². The minimum Gasteiger partial charge on any atom is -0.491 e. The Kier molecular flexibility index (Phi) is 4.27. The molecule has 0 spiro atoms. The van der Waals surface area contributed by atoms with Crippen molar-refractivity contribution in [1.29, 1.82) is 0 Å². The minimum atomic E-state index is 0.193. The summed E-state index contributed by atoms with van der Waals surface area (Å²) in [5.74, 6) is 0.917. The van der Waals surface area contributed by atoms with E-state index in [0.717, 1.165) is 22.7 Å². The summed E-state index contributed by atoms with van der Waals surface area (Å²) in [4.78, 5) is 6.27. The number of hydrogen-bond donors (Lipinski definition) is 1. The molecule has 0 bridgehead atoms. The second-order valence-electron chi connectivity index (χ2n) is 5.76. The maximum atomic E-state index is 5.79. The molecule has 1 heterocycles. The fourth-order valence-electron chi connectivity index (χ4n) is 2.79. The van der Waals surface area contributed by atoms with Gasteiger partial charge in [-0.2, -0.15) is 0 Å². The van der Waals surface area contributed by atoms with E-state index in [-0.39, 0.29) is 6.10 Å². The Morgan fingerprint density at radius 3 is 3.00 bits per heavy atom. The lowest BCUT2D eigenvalue weighted by atomic mass is 9.98. The first-order valence-corrected chi connectivity index (χ1v) is 8.43. The number of fused-ring (bicyclic) bond motifs is 1. The third-order valence-electron chi connectivity index (χ3n) is 3.75. The number of benzene rings is 1. The predicted octanol–water partition coefficient (Wildman–Crippen LogP) is 4.19. The van der Waals surface area contributed by atoms with Crippen LogP contribution in [0.3, 0.4) is 0 Å². The maximum Gasteiger partial charge on any atom is 0.124 e. The van der Waals surface area contributed by atoms with Gasteiger partial charge in [0.15, 0.2) is 0 Å². The number of nitrogens with zero attached hydrogens (tertiary/aromatic N) is 1. The molecule has 1 unspecified atom stereocenters. The highest BCUT2D eigenvalue weighted by Gasteiger charge is 2.23. The molecule has 1 aromatic carbocycles. The molecule has 0 fully saturated rings. The first-order chi connectivity index (χ1) is 10.2. The molecule has 3 rings (SSSR count). The van der Waals surface area contributed by atoms with Gasteiger partial charge in [0.1, 0.15) is 10.8 Å². The van der Waals surface area contributed by atoms with E-state index in [4.69, 9.17) is 9.72 Å². The van der Waals surface area contributed by atoms with Crippen molar-refractivity contribution in [3.05, 3.63) is 34.8 Å². The third-order valence-corrected chi connectivity index (χ3v) is 5.01. The molecule has 2 aromatic rings. The molecule has 0 saturated heterocycles. The van der Waals surface area contributed by atoms with Gasteiger partial charge in [0.05, 0.1) is 11.8 Å². The molecule has 0 amide bonds. The molecule has 3 nitrogen and oxygen atoms in total. The molecule has 1 atom stereocenters. The standard InChI is InChI=1S/C17H22N2OS/c1-11(2)20-13-7-4-6-12(10-13)17-19-15-9-5-8-14(18-3)16(15)21-17/h4,6-7,10-11,14,18H,5,8-9H2,1-3H3. The molecule has 0 saturated carbocycles. The molecule has 1 aliphatic rings. The molecule has 4 heteroatoms. The number of thiazole rings is 1. The van der Waals surface area contributed by atoms with Crippen LogP contribution in [0.2, 0.25) is 0 Å².